The largest absolute Gasteiger partial charge is 0.497 e. The highest BCUT2D eigenvalue weighted by molar-refractivity contribution is 7.92. The fourth-order valence-electron chi connectivity index (χ4n) is 3.97. The Morgan fingerprint density at radius 3 is 2.15 bits per heavy atom. The van der Waals surface area contributed by atoms with Crippen molar-refractivity contribution in [3.63, 3.8) is 0 Å². The molecule has 2 amide bonds. The molecule has 3 rings (SSSR count). The molecule has 0 aliphatic rings. The molecule has 0 heterocycles. The van der Waals surface area contributed by atoms with E-state index in [0.717, 1.165) is 15.9 Å². The molecule has 1 N–H and O–H groups in total. The minimum absolute atomic E-state index is 0.0226. The number of nitrogens with zero attached hydrogens (tertiary/aromatic N) is 2. The maximum atomic E-state index is 15.0. The van der Waals surface area contributed by atoms with E-state index in [1.54, 1.807) is 43.3 Å². The number of aryl methyl sites for hydroxylation is 1. The van der Waals surface area contributed by atoms with Gasteiger partial charge >= 0.3 is 0 Å². The molecule has 0 fully saturated rings. The SMILES string of the molecule is COc1ccc(CN(C(=O)CN(c2ccccc2F)S(=O)(=O)c2ccc(C)cc2)[C@@H](C)C(=O)NCC(C)C)cc1. The van der Waals surface area contributed by atoms with E-state index in [2.05, 4.69) is 5.32 Å². The van der Waals surface area contributed by atoms with Gasteiger partial charge in [0.1, 0.15) is 24.2 Å². The zero-order valence-corrected chi connectivity index (χ0v) is 24.2. The first kappa shape index (κ1) is 30.6. The third kappa shape index (κ3) is 7.59. The lowest BCUT2D eigenvalue weighted by Crippen LogP contribution is -2.51. The van der Waals surface area contributed by atoms with Crippen LogP contribution in [0.2, 0.25) is 0 Å². The summed E-state index contributed by atoms with van der Waals surface area (Å²) in [5.74, 6) is -1.02. The van der Waals surface area contributed by atoms with Crippen molar-refractivity contribution < 1.29 is 27.1 Å². The van der Waals surface area contributed by atoms with Crippen LogP contribution in [0.15, 0.2) is 77.7 Å². The lowest BCUT2D eigenvalue weighted by Gasteiger charge is -2.32. The summed E-state index contributed by atoms with van der Waals surface area (Å²) in [6, 6.07) is 17.5. The van der Waals surface area contributed by atoms with E-state index >= 15 is 0 Å². The van der Waals surface area contributed by atoms with Crippen LogP contribution in [0, 0.1) is 18.7 Å². The predicted molar refractivity (Wildman–Crippen MR) is 153 cm³/mol. The quantitative estimate of drug-likeness (QED) is 0.346. The fraction of sp³-hybridized carbons (Fsp3) is 0.333. The topological polar surface area (TPSA) is 96.0 Å². The molecule has 0 aromatic heterocycles. The number of rotatable bonds is 12. The Balaban J connectivity index is 2.01. The summed E-state index contributed by atoms with van der Waals surface area (Å²) < 4.78 is 48.5. The second-order valence-electron chi connectivity index (χ2n) is 9.96. The monoisotopic (exact) mass is 569 g/mol. The van der Waals surface area contributed by atoms with Gasteiger partial charge in [0.15, 0.2) is 0 Å². The Labute approximate surface area is 235 Å². The van der Waals surface area contributed by atoms with Crippen LogP contribution in [0.5, 0.6) is 5.75 Å². The molecular formula is C30H36FN3O5S. The second kappa shape index (κ2) is 13.4. The van der Waals surface area contributed by atoms with Crippen molar-refractivity contribution in [2.24, 2.45) is 5.92 Å². The van der Waals surface area contributed by atoms with Crippen molar-refractivity contribution in [2.45, 2.75) is 45.2 Å². The zero-order chi connectivity index (χ0) is 29.4. The Morgan fingerprint density at radius 2 is 1.57 bits per heavy atom. The molecule has 0 unspecified atom stereocenters. The molecule has 3 aromatic rings. The standard InChI is InChI=1S/C30H36FN3O5S/c1-21(2)18-32-30(36)23(4)33(19-24-12-14-25(39-5)15-13-24)29(35)20-34(28-9-7-6-8-27(28)31)40(37,38)26-16-10-22(3)11-17-26/h6-17,21,23H,18-20H2,1-5H3,(H,32,36)/t23-/m0/s1. The first-order valence-corrected chi connectivity index (χ1v) is 14.4. The molecule has 0 bridgehead atoms. The van der Waals surface area contributed by atoms with Crippen molar-refractivity contribution >= 4 is 27.5 Å². The Hall–Kier alpha value is -3.92. The van der Waals surface area contributed by atoms with Crippen LogP contribution in [0.3, 0.4) is 0 Å². The Kier molecular flexibility index (Phi) is 10.3. The zero-order valence-electron chi connectivity index (χ0n) is 23.4. The van der Waals surface area contributed by atoms with Crippen LogP contribution < -0.4 is 14.4 Å². The summed E-state index contributed by atoms with van der Waals surface area (Å²) in [4.78, 5) is 28.1. The number of methoxy groups -OCH3 is 1. The number of carbonyl (C=O) groups excluding carboxylic acids is 2. The number of para-hydroxylation sites is 1. The van der Waals surface area contributed by atoms with E-state index in [4.69, 9.17) is 4.74 Å². The van der Waals surface area contributed by atoms with E-state index in [9.17, 15) is 22.4 Å². The molecule has 0 radical (unpaired) electrons. The number of carbonyl (C=O) groups is 2. The number of nitrogens with one attached hydrogen (secondary N) is 1. The molecule has 0 saturated carbocycles. The van der Waals surface area contributed by atoms with Gasteiger partial charge in [-0.15, -0.1) is 0 Å². The molecule has 1 atom stereocenters. The highest BCUT2D eigenvalue weighted by Crippen LogP contribution is 2.27. The molecule has 3 aromatic carbocycles. The molecule has 214 valence electrons. The van der Waals surface area contributed by atoms with Gasteiger partial charge in [-0.05, 0) is 61.7 Å². The van der Waals surface area contributed by atoms with E-state index in [1.165, 1.54) is 42.3 Å². The highest BCUT2D eigenvalue weighted by atomic mass is 32.2. The molecule has 40 heavy (non-hydrogen) atoms. The van der Waals surface area contributed by atoms with Crippen molar-refractivity contribution in [1.82, 2.24) is 10.2 Å². The van der Waals surface area contributed by atoms with Crippen molar-refractivity contribution in [1.29, 1.82) is 0 Å². The number of halogens is 1. The fourth-order valence-corrected chi connectivity index (χ4v) is 5.39. The third-order valence-electron chi connectivity index (χ3n) is 6.37. The van der Waals surface area contributed by atoms with Gasteiger partial charge in [-0.1, -0.05) is 55.8 Å². The van der Waals surface area contributed by atoms with Crippen molar-refractivity contribution in [2.75, 3.05) is 24.5 Å². The van der Waals surface area contributed by atoms with E-state index < -0.39 is 34.3 Å². The van der Waals surface area contributed by atoms with E-state index in [0.29, 0.717) is 17.9 Å². The molecule has 0 aliphatic carbocycles. The number of benzene rings is 3. The van der Waals surface area contributed by atoms with Crippen LogP contribution in [-0.2, 0) is 26.2 Å². The summed E-state index contributed by atoms with van der Waals surface area (Å²) >= 11 is 0. The maximum Gasteiger partial charge on any atom is 0.264 e. The van der Waals surface area contributed by atoms with Gasteiger partial charge in [0.25, 0.3) is 10.0 Å². The molecule has 8 nitrogen and oxygen atoms in total. The lowest BCUT2D eigenvalue weighted by atomic mass is 10.1. The Morgan fingerprint density at radius 1 is 0.950 bits per heavy atom. The molecule has 0 saturated heterocycles. The number of amides is 2. The summed E-state index contributed by atoms with van der Waals surface area (Å²) in [6.45, 7) is 7.03. The highest BCUT2D eigenvalue weighted by Gasteiger charge is 2.33. The van der Waals surface area contributed by atoms with Gasteiger partial charge in [-0.25, -0.2) is 12.8 Å². The average molecular weight is 570 g/mol. The van der Waals surface area contributed by atoms with Gasteiger partial charge < -0.3 is 15.0 Å². The number of anilines is 1. The normalized spacial score (nSPS) is 12.1. The van der Waals surface area contributed by atoms with Gasteiger partial charge in [-0.3, -0.25) is 13.9 Å². The number of hydrogen-bond donors (Lipinski definition) is 1. The summed E-state index contributed by atoms with van der Waals surface area (Å²) in [7, 11) is -2.80. The van der Waals surface area contributed by atoms with Crippen LogP contribution >= 0.6 is 0 Å². The molecule has 0 spiro atoms. The van der Waals surface area contributed by atoms with Gasteiger partial charge in [-0.2, -0.15) is 0 Å². The van der Waals surface area contributed by atoms with Crippen molar-refractivity contribution in [3.05, 3.63) is 89.7 Å². The van der Waals surface area contributed by atoms with Gasteiger partial charge in [0.2, 0.25) is 11.8 Å². The van der Waals surface area contributed by atoms with Gasteiger partial charge in [0, 0.05) is 13.1 Å². The Bertz CT molecular complexity index is 1410. The molecule has 0 aliphatic heterocycles. The molecule has 10 heteroatoms. The number of ether oxygens (including phenoxy) is 1. The van der Waals surface area contributed by atoms with Crippen LogP contribution in [0.25, 0.3) is 0 Å². The lowest BCUT2D eigenvalue weighted by molar-refractivity contribution is -0.139. The maximum absolute atomic E-state index is 15.0. The second-order valence-corrected chi connectivity index (χ2v) is 11.8. The van der Waals surface area contributed by atoms with Crippen LogP contribution in [0.1, 0.15) is 31.9 Å². The predicted octanol–water partition coefficient (Wildman–Crippen LogP) is 4.53. The molecular weight excluding hydrogens is 533 g/mol. The van der Waals surface area contributed by atoms with E-state index in [-0.39, 0.29) is 29.0 Å². The van der Waals surface area contributed by atoms with Gasteiger partial charge in [0.05, 0.1) is 17.7 Å². The third-order valence-corrected chi connectivity index (χ3v) is 8.15. The number of hydrogen-bond acceptors (Lipinski definition) is 5. The van der Waals surface area contributed by atoms with Crippen molar-refractivity contribution in [3.8, 4) is 5.75 Å². The summed E-state index contributed by atoms with van der Waals surface area (Å²) in [5, 5.41) is 2.83. The summed E-state index contributed by atoms with van der Waals surface area (Å²) in [6.07, 6.45) is 0. The first-order chi connectivity index (χ1) is 18.9. The minimum Gasteiger partial charge on any atom is -0.497 e. The summed E-state index contributed by atoms with van der Waals surface area (Å²) in [5.41, 5.74) is 1.29. The van der Waals surface area contributed by atoms with Crippen LogP contribution in [-0.4, -0.2) is 51.4 Å². The smallest absolute Gasteiger partial charge is 0.264 e. The average Bonchev–Trinajstić information content (AvgIpc) is 2.93. The van der Waals surface area contributed by atoms with E-state index in [1.807, 2.05) is 20.8 Å². The van der Waals surface area contributed by atoms with Crippen LogP contribution in [0.4, 0.5) is 10.1 Å². The number of sulfonamides is 1. The first-order valence-electron chi connectivity index (χ1n) is 13.0. The minimum atomic E-state index is -4.34.